The molecule has 4 heteroatoms. The summed E-state index contributed by atoms with van der Waals surface area (Å²) < 4.78 is 0. The first-order chi connectivity index (χ1) is 4.75. The normalized spacial score (nSPS) is 12.5. The van der Waals surface area contributed by atoms with Crippen LogP contribution in [0.2, 0.25) is 5.15 Å². The molecule has 0 aliphatic carbocycles. The number of aromatic nitrogens is 2. The quantitative estimate of drug-likeness (QED) is 0.589. The van der Waals surface area contributed by atoms with Crippen molar-refractivity contribution >= 4 is 11.6 Å². The van der Waals surface area contributed by atoms with Gasteiger partial charge in [-0.1, -0.05) is 17.5 Å². The number of hydrogen-bond donors (Lipinski definition) is 2. The van der Waals surface area contributed by atoms with Gasteiger partial charge in [-0.3, -0.25) is 5.10 Å². The molecule has 10 heavy (non-hydrogen) atoms. The van der Waals surface area contributed by atoms with Crippen LogP contribution in [0, 0.1) is 12.3 Å². The van der Waals surface area contributed by atoms with Gasteiger partial charge in [0.2, 0.25) is 0 Å². The minimum atomic E-state index is -0.966. The number of terminal acetylenes is 1. The first kappa shape index (κ1) is 7.13. The summed E-state index contributed by atoms with van der Waals surface area (Å²) in [6, 6.07) is 0. The zero-order valence-corrected chi connectivity index (χ0v) is 5.76. The molecule has 2 N–H and O–H groups in total. The molecule has 1 aromatic heterocycles. The Balaban J connectivity index is 2.96. The third-order valence-corrected chi connectivity index (χ3v) is 1.37. The van der Waals surface area contributed by atoms with Crippen LogP contribution in [0.1, 0.15) is 11.7 Å². The van der Waals surface area contributed by atoms with E-state index in [1.54, 1.807) is 0 Å². The van der Waals surface area contributed by atoms with Crippen molar-refractivity contribution in [3.8, 4) is 12.3 Å². The number of aliphatic hydroxyl groups excluding tert-OH is 1. The maximum absolute atomic E-state index is 9.02. The smallest absolute Gasteiger partial charge is 0.144 e. The minimum absolute atomic E-state index is 0.283. The molecular formula is C6H5ClN2O. The Morgan fingerprint density at radius 1 is 1.90 bits per heavy atom. The monoisotopic (exact) mass is 156 g/mol. The fourth-order valence-corrected chi connectivity index (χ4v) is 0.761. The van der Waals surface area contributed by atoms with Crippen LogP contribution in [0.15, 0.2) is 6.20 Å². The molecule has 0 amide bonds. The van der Waals surface area contributed by atoms with Gasteiger partial charge in [-0.15, -0.1) is 6.42 Å². The first-order valence-electron chi connectivity index (χ1n) is 2.58. The van der Waals surface area contributed by atoms with Crippen LogP contribution in [-0.4, -0.2) is 15.3 Å². The molecular weight excluding hydrogens is 152 g/mol. The number of halogens is 1. The number of aliphatic hydroxyl groups is 1. The summed E-state index contributed by atoms with van der Waals surface area (Å²) in [5.74, 6) is 2.12. The number of hydrogen-bond acceptors (Lipinski definition) is 2. The molecule has 1 rings (SSSR count). The molecule has 0 bridgehead atoms. The van der Waals surface area contributed by atoms with Gasteiger partial charge in [0.15, 0.2) is 0 Å². The lowest BCUT2D eigenvalue weighted by atomic mass is 10.2. The summed E-state index contributed by atoms with van der Waals surface area (Å²) in [5.41, 5.74) is 0.434. The van der Waals surface area contributed by atoms with E-state index in [-0.39, 0.29) is 5.15 Å². The number of H-pyrrole nitrogens is 1. The predicted molar refractivity (Wildman–Crippen MR) is 37.4 cm³/mol. The van der Waals surface area contributed by atoms with Gasteiger partial charge in [0.05, 0.1) is 6.20 Å². The maximum Gasteiger partial charge on any atom is 0.144 e. The Bertz CT molecular complexity index is 263. The van der Waals surface area contributed by atoms with Gasteiger partial charge in [0, 0.05) is 5.56 Å². The van der Waals surface area contributed by atoms with E-state index in [4.69, 9.17) is 23.1 Å². The standard InChI is InChI=1S/C6H5ClN2O/c1-2-5(10)4-3-8-9-6(4)7/h1,3,5,10H,(H,8,9). The van der Waals surface area contributed by atoms with Crippen molar-refractivity contribution in [2.75, 3.05) is 0 Å². The second-order valence-corrected chi connectivity index (χ2v) is 2.09. The van der Waals surface area contributed by atoms with Crippen molar-refractivity contribution in [1.82, 2.24) is 10.2 Å². The van der Waals surface area contributed by atoms with E-state index < -0.39 is 6.10 Å². The fourth-order valence-electron chi connectivity index (χ4n) is 0.560. The highest BCUT2D eigenvalue weighted by Gasteiger charge is 2.08. The summed E-state index contributed by atoms with van der Waals surface area (Å²) in [5, 5.41) is 15.3. The second-order valence-electron chi connectivity index (χ2n) is 1.71. The van der Waals surface area contributed by atoms with E-state index in [0.717, 1.165) is 0 Å². The number of nitrogens with zero attached hydrogens (tertiary/aromatic N) is 1. The van der Waals surface area contributed by atoms with Gasteiger partial charge >= 0.3 is 0 Å². The van der Waals surface area contributed by atoms with Crippen molar-refractivity contribution in [3.05, 3.63) is 16.9 Å². The molecule has 1 unspecified atom stereocenters. The molecule has 0 saturated carbocycles. The van der Waals surface area contributed by atoms with Crippen LogP contribution in [0.25, 0.3) is 0 Å². The number of nitrogens with one attached hydrogen (secondary N) is 1. The summed E-state index contributed by atoms with van der Waals surface area (Å²) >= 11 is 5.54. The van der Waals surface area contributed by atoms with Crippen LogP contribution in [0.4, 0.5) is 0 Å². The Kier molecular flexibility index (Phi) is 1.95. The lowest BCUT2D eigenvalue weighted by Gasteiger charge is -1.96. The molecule has 0 fully saturated rings. The minimum Gasteiger partial charge on any atom is -0.376 e. The number of aromatic amines is 1. The SMILES string of the molecule is C#CC(O)c1cn[nH]c1Cl. The highest BCUT2D eigenvalue weighted by Crippen LogP contribution is 2.18. The summed E-state index contributed by atoms with van der Waals surface area (Å²) in [6.45, 7) is 0. The molecule has 0 spiro atoms. The largest absolute Gasteiger partial charge is 0.376 e. The van der Waals surface area contributed by atoms with Gasteiger partial charge in [0.1, 0.15) is 11.3 Å². The molecule has 3 nitrogen and oxygen atoms in total. The lowest BCUT2D eigenvalue weighted by Crippen LogP contribution is -1.90. The third kappa shape index (κ3) is 1.13. The van der Waals surface area contributed by atoms with Crippen molar-refractivity contribution < 1.29 is 5.11 Å². The molecule has 1 atom stereocenters. The van der Waals surface area contributed by atoms with Crippen molar-refractivity contribution in [1.29, 1.82) is 0 Å². The third-order valence-electron chi connectivity index (χ3n) is 1.07. The molecule has 0 aliphatic rings. The summed E-state index contributed by atoms with van der Waals surface area (Å²) in [6.07, 6.45) is 5.36. The highest BCUT2D eigenvalue weighted by molar-refractivity contribution is 6.30. The summed E-state index contributed by atoms with van der Waals surface area (Å²) in [7, 11) is 0. The Morgan fingerprint density at radius 2 is 2.60 bits per heavy atom. The molecule has 0 radical (unpaired) electrons. The van der Waals surface area contributed by atoms with Crippen LogP contribution in [-0.2, 0) is 0 Å². The average molecular weight is 157 g/mol. The van der Waals surface area contributed by atoms with E-state index in [0.29, 0.717) is 5.56 Å². The Labute approximate surface area is 63.0 Å². The lowest BCUT2D eigenvalue weighted by molar-refractivity contribution is 0.239. The van der Waals surface area contributed by atoms with Gasteiger partial charge in [-0.2, -0.15) is 5.10 Å². The Hall–Kier alpha value is -0.980. The van der Waals surface area contributed by atoms with Gasteiger partial charge in [0.25, 0.3) is 0 Å². The number of rotatable bonds is 1. The fraction of sp³-hybridized carbons (Fsp3) is 0.167. The van der Waals surface area contributed by atoms with Crippen LogP contribution < -0.4 is 0 Å². The molecule has 52 valence electrons. The van der Waals surface area contributed by atoms with E-state index in [2.05, 4.69) is 16.1 Å². The molecule has 0 saturated heterocycles. The van der Waals surface area contributed by atoms with Crippen molar-refractivity contribution in [2.24, 2.45) is 0 Å². The van der Waals surface area contributed by atoms with Crippen molar-refractivity contribution in [3.63, 3.8) is 0 Å². The zero-order valence-electron chi connectivity index (χ0n) is 5.00. The first-order valence-corrected chi connectivity index (χ1v) is 2.96. The van der Waals surface area contributed by atoms with Gasteiger partial charge in [-0.05, 0) is 0 Å². The van der Waals surface area contributed by atoms with E-state index in [1.165, 1.54) is 6.20 Å². The molecule has 1 heterocycles. The van der Waals surface area contributed by atoms with Crippen molar-refractivity contribution in [2.45, 2.75) is 6.10 Å². The molecule has 1 aromatic rings. The highest BCUT2D eigenvalue weighted by atomic mass is 35.5. The maximum atomic E-state index is 9.02. The predicted octanol–water partition coefficient (Wildman–Crippen LogP) is 0.730. The second kappa shape index (κ2) is 2.74. The van der Waals surface area contributed by atoms with Gasteiger partial charge < -0.3 is 5.11 Å². The Morgan fingerprint density at radius 3 is 3.00 bits per heavy atom. The molecule has 0 aliphatic heterocycles. The zero-order chi connectivity index (χ0) is 7.56. The van der Waals surface area contributed by atoms with E-state index in [1.807, 2.05) is 0 Å². The summed E-state index contributed by atoms with van der Waals surface area (Å²) in [4.78, 5) is 0. The van der Waals surface area contributed by atoms with Crippen LogP contribution in [0.5, 0.6) is 0 Å². The van der Waals surface area contributed by atoms with Crippen LogP contribution >= 0.6 is 11.6 Å². The van der Waals surface area contributed by atoms with E-state index >= 15 is 0 Å². The van der Waals surface area contributed by atoms with Crippen LogP contribution in [0.3, 0.4) is 0 Å². The van der Waals surface area contributed by atoms with E-state index in [9.17, 15) is 0 Å². The topological polar surface area (TPSA) is 48.9 Å². The molecule has 0 aromatic carbocycles. The van der Waals surface area contributed by atoms with Gasteiger partial charge in [-0.25, -0.2) is 0 Å². The average Bonchev–Trinajstić information content (AvgIpc) is 2.34.